The summed E-state index contributed by atoms with van der Waals surface area (Å²) in [5, 5.41) is 3.49. The van der Waals surface area contributed by atoms with Crippen molar-refractivity contribution >= 4 is 0 Å². The molecule has 0 aliphatic rings. The first-order valence-electron chi connectivity index (χ1n) is 8.60. The summed E-state index contributed by atoms with van der Waals surface area (Å²) in [6.07, 6.45) is 10.7. The highest BCUT2D eigenvalue weighted by atomic mass is 16.5. The molecule has 21 heavy (non-hydrogen) atoms. The third-order valence-corrected chi connectivity index (χ3v) is 3.71. The lowest BCUT2D eigenvalue weighted by Crippen LogP contribution is -2.19. The summed E-state index contributed by atoms with van der Waals surface area (Å²) in [5.74, 6) is 0.756. The molecule has 1 rings (SSSR count). The zero-order chi connectivity index (χ0) is 15.3. The smallest absolute Gasteiger partial charge is 0.213 e. The molecule has 0 saturated heterocycles. The third kappa shape index (κ3) is 8.05. The van der Waals surface area contributed by atoms with E-state index >= 15 is 0 Å². The lowest BCUT2D eigenvalue weighted by atomic mass is 10.1. The normalized spacial score (nSPS) is 12.3. The molecule has 1 N–H and O–H groups in total. The minimum atomic E-state index is 0.351. The number of unbranched alkanes of at least 4 members (excludes halogenated alkanes) is 5. The first kappa shape index (κ1) is 18.0. The Hall–Kier alpha value is -1.09. The van der Waals surface area contributed by atoms with Crippen molar-refractivity contribution in [3.8, 4) is 5.88 Å². The Labute approximate surface area is 130 Å². The predicted molar refractivity (Wildman–Crippen MR) is 89.8 cm³/mol. The van der Waals surface area contributed by atoms with Crippen LogP contribution in [0.15, 0.2) is 18.3 Å². The van der Waals surface area contributed by atoms with Crippen molar-refractivity contribution in [3.05, 3.63) is 23.9 Å². The summed E-state index contributed by atoms with van der Waals surface area (Å²) < 4.78 is 5.77. The van der Waals surface area contributed by atoms with E-state index in [0.29, 0.717) is 6.04 Å². The maximum absolute atomic E-state index is 5.77. The Morgan fingerprint density at radius 1 is 1.10 bits per heavy atom. The Morgan fingerprint density at radius 2 is 1.86 bits per heavy atom. The van der Waals surface area contributed by atoms with Crippen LogP contribution in [0.3, 0.4) is 0 Å². The zero-order valence-electron chi connectivity index (χ0n) is 14.0. The largest absolute Gasteiger partial charge is 0.478 e. The van der Waals surface area contributed by atoms with Gasteiger partial charge in [0.2, 0.25) is 5.88 Å². The fourth-order valence-electron chi connectivity index (χ4n) is 2.31. The van der Waals surface area contributed by atoms with E-state index in [0.717, 1.165) is 31.9 Å². The number of hydrogen-bond acceptors (Lipinski definition) is 3. The van der Waals surface area contributed by atoms with Crippen LogP contribution in [-0.4, -0.2) is 18.1 Å². The van der Waals surface area contributed by atoms with Crippen LogP contribution < -0.4 is 10.1 Å². The van der Waals surface area contributed by atoms with E-state index in [9.17, 15) is 0 Å². The van der Waals surface area contributed by atoms with Crippen molar-refractivity contribution in [2.75, 3.05) is 13.2 Å². The molecule has 0 aromatic carbocycles. The molecule has 0 aliphatic heterocycles. The molecule has 0 amide bonds. The standard InChI is InChI=1S/C18H32N2O/c1-4-6-7-8-9-10-14-21-18-15-17(11-13-20-18)16(3)19-12-5-2/h11,13,15-16,19H,4-10,12,14H2,1-3H3. The van der Waals surface area contributed by atoms with Crippen molar-refractivity contribution in [1.82, 2.24) is 10.3 Å². The van der Waals surface area contributed by atoms with Gasteiger partial charge >= 0.3 is 0 Å². The van der Waals surface area contributed by atoms with Crippen LogP contribution in [-0.2, 0) is 0 Å². The van der Waals surface area contributed by atoms with E-state index in [1.165, 1.54) is 37.7 Å². The first-order chi connectivity index (χ1) is 10.3. The molecule has 0 aliphatic carbocycles. The Morgan fingerprint density at radius 3 is 2.62 bits per heavy atom. The fourth-order valence-corrected chi connectivity index (χ4v) is 2.31. The summed E-state index contributed by atoms with van der Waals surface area (Å²) in [6, 6.07) is 4.47. The number of rotatable bonds is 12. The van der Waals surface area contributed by atoms with E-state index in [1.807, 2.05) is 6.20 Å². The molecule has 1 aromatic rings. The highest BCUT2D eigenvalue weighted by molar-refractivity contribution is 5.23. The molecule has 0 spiro atoms. The first-order valence-corrected chi connectivity index (χ1v) is 8.60. The molecular weight excluding hydrogens is 260 g/mol. The molecule has 3 heteroatoms. The second-order valence-corrected chi connectivity index (χ2v) is 5.72. The summed E-state index contributed by atoms with van der Waals surface area (Å²) in [7, 11) is 0. The SMILES string of the molecule is CCCCCCCCOc1cc(C(C)NCCC)ccn1. The summed E-state index contributed by atoms with van der Waals surface area (Å²) in [5.41, 5.74) is 1.25. The van der Waals surface area contributed by atoms with Gasteiger partial charge in [-0.25, -0.2) is 4.98 Å². The van der Waals surface area contributed by atoms with Gasteiger partial charge in [0.05, 0.1) is 6.61 Å². The predicted octanol–water partition coefficient (Wildman–Crippen LogP) is 4.88. The molecule has 0 bridgehead atoms. The van der Waals surface area contributed by atoms with Gasteiger partial charge in [0.15, 0.2) is 0 Å². The van der Waals surface area contributed by atoms with Gasteiger partial charge in [-0.05, 0) is 37.9 Å². The lowest BCUT2D eigenvalue weighted by molar-refractivity contribution is 0.292. The van der Waals surface area contributed by atoms with Crippen LogP contribution in [0, 0.1) is 0 Å². The molecular formula is C18H32N2O. The number of aromatic nitrogens is 1. The molecule has 0 radical (unpaired) electrons. The van der Waals surface area contributed by atoms with Gasteiger partial charge < -0.3 is 10.1 Å². The summed E-state index contributed by atoms with van der Waals surface area (Å²) >= 11 is 0. The maximum atomic E-state index is 5.77. The average Bonchev–Trinajstić information content (AvgIpc) is 2.52. The Kier molecular flexibility index (Phi) is 9.88. The number of nitrogens with one attached hydrogen (secondary N) is 1. The van der Waals surface area contributed by atoms with Crippen LogP contribution in [0.4, 0.5) is 0 Å². The molecule has 3 nitrogen and oxygen atoms in total. The van der Waals surface area contributed by atoms with Crippen LogP contribution in [0.5, 0.6) is 5.88 Å². The molecule has 1 unspecified atom stereocenters. The van der Waals surface area contributed by atoms with Crippen molar-refractivity contribution in [2.24, 2.45) is 0 Å². The summed E-state index contributed by atoms with van der Waals surface area (Å²) in [6.45, 7) is 8.43. The number of ether oxygens (including phenoxy) is 1. The minimum absolute atomic E-state index is 0.351. The molecule has 120 valence electrons. The zero-order valence-corrected chi connectivity index (χ0v) is 14.0. The van der Waals surface area contributed by atoms with Crippen LogP contribution >= 0.6 is 0 Å². The van der Waals surface area contributed by atoms with Crippen molar-refractivity contribution < 1.29 is 4.74 Å². The summed E-state index contributed by atoms with van der Waals surface area (Å²) in [4.78, 5) is 4.30. The molecule has 1 heterocycles. The monoisotopic (exact) mass is 292 g/mol. The lowest BCUT2D eigenvalue weighted by Gasteiger charge is -2.14. The maximum Gasteiger partial charge on any atom is 0.213 e. The van der Waals surface area contributed by atoms with E-state index in [4.69, 9.17) is 4.74 Å². The molecule has 0 saturated carbocycles. The van der Waals surface area contributed by atoms with Gasteiger partial charge in [0.1, 0.15) is 0 Å². The second-order valence-electron chi connectivity index (χ2n) is 5.72. The number of nitrogens with zero attached hydrogens (tertiary/aromatic N) is 1. The van der Waals surface area contributed by atoms with E-state index in [2.05, 4.69) is 43.2 Å². The highest BCUT2D eigenvalue weighted by Gasteiger charge is 2.06. The number of hydrogen-bond donors (Lipinski definition) is 1. The van der Waals surface area contributed by atoms with Crippen molar-refractivity contribution in [3.63, 3.8) is 0 Å². The van der Waals surface area contributed by atoms with Gasteiger partial charge in [0.25, 0.3) is 0 Å². The fraction of sp³-hybridized carbons (Fsp3) is 0.722. The Balaban J connectivity index is 2.26. The van der Waals surface area contributed by atoms with Gasteiger partial charge in [-0.1, -0.05) is 46.0 Å². The van der Waals surface area contributed by atoms with Gasteiger partial charge in [-0.2, -0.15) is 0 Å². The minimum Gasteiger partial charge on any atom is -0.478 e. The van der Waals surface area contributed by atoms with Crippen LogP contribution in [0.25, 0.3) is 0 Å². The van der Waals surface area contributed by atoms with Crippen molar-refractivity contribution in [1.29, 1.82) is 0 Å². The topological polar surface area (TPSA) is 34.1 Å². The molecule has 1 atom stereocenters. The van der Waals surface area contributed by atoms with Gasteiger partial charge in [0, 0.05) is 18.3 Å². The van der Waals surface area contributed by atoms with Crippen LogP contribution in [0.1, 0.15) is 77.3 Å². The Bertz CT molecular complexity index is 368. The molecule has 0 fully saturated rings. The second kappa shape index (κ2) is 11.6. The van der Waals surface area contributed by atoms with Gasteiger partial charge in [-0.15, -0.1) is 0 Å². The van der Waals surface area contributed by atoms with E-state index < -0.39 is 0 Å². The van der Waals surface area contributed by atoms with E-state index in [-0.39, 0.29) is 0 Å². The van der Waals surface area contributed by atoms with Crippen LogP contribution in [0.2, 0.25) is 0 Å². The quantitative estimate of drug-likeness (QED) is 0.557. The van der Waals surface area contributed by atoms with Gasteiger partial charge in [-0.3, -0.25) is 0 Å². The number of pyridine rings is 1. The third-order valence-electron chi connectivity index (χ3n) is 3.71. The van der Waals surface area contributed by atoms with E-state index in [1.54, 1.807) is 0 Å². The van der Waals surface area contributed by atoms with Crippen molar-refractivity contribution in [2.45, 2.75) is 71.8 Å². The molecule has 1 aromatic heterocycles. The highest BCUT2D eigenvalue weighted by Crippen LogP contribution is 2.17. The average molecular weight is 292 g/mol.